The maximum Gasteiger partial charge on any atom is 0.132 e. The Morgan fingerprint density at radius 1 is 0.857 bits per heavy atom. The monoisotopic (exact) mass is 321 g/mol. The largest absolute Gasteiger partial charge is 0.356 e. The number of rotatable bonds is 3. The maximum atomic E-state index is 6.16. The minimum Gasteiger partial charge on any atom is -0.356 e. The van der Waals surface area contributed by atoms with Crippen molar-refractivity contribution in [2.24, 2.45) is 0 Å². The minimum atomic E-state index is -0.0626. The van der Waals surface area contributed by atoms with Gasteiger partial charge in [-0.3, -0.25) is 0 Å². The van der Waals surface area contributed by atoms with Crippen LogP contribution < -0.4 is 0 Å². The fraction of sp³-hybridized carbons (Fsp3) is 0.294. The van der Waals surface area contributed by atoms with Gasteiger partial charge in [-0.1, -0.05) is 23.2 Å². The molecular weight excluding hydrogens is 305 g/mol. The Morgan fingerprint density at radius 2 is 1.33 bits per heavy atom. The summed E-state index contributed by atoms with van der Waals surface area (Å²) in [5.74, 6) is 0. The predicted molar refractivity (Wildman–Crippen MR) is 90.4 cm³/mol. The molecule has 0 saturated heterocycles. The SMILES string of the molecule is CC(C)OC(C)n1c2ccc(Cl)cc2c2cc(Cl)ccc21. The summed E-state index contributed by atoms with van der Waals surface area (Å²) in [7, 11) is 0. The number of ether oxygens (including phenoxy) is 1. The van der Waals surface area contributed by atoms with E-state index in [1.165, 1.54) is 0 Å². The lowest BCUT2D eigenvalue weighted by Crippen LogP contribution is -2.13. The lowest BCUT2D eigenvalue weighted by atomic mass is 10.1. The van der Waals surface area contributed by atoms with Crippen LogP contribution in [-0.4, -0.2) is 10.7 Å². The Morgan fingerprint density at radius 3 is 1.76 bits per heavy atom. The van der Waals surface area contributed by atoms with Crippen molar-refractivity contribution >= 4 is 45.0 Å². The number of hydrogen-bond donors (Lipinski definition) is 0. The van der Waals surface area contributed by atoms with Gasteiger partial charge >= 0.3 is 0 Å². The van der Waals surface area contributed by atoms with Crippen LogP contribution in [0.25, 0.3) is 21.8 Å². The van der Waals surface area contributed by atoms with Gasteiger partial charge in [-0.05, 0) is 57.2 Å². The van der Waals surface area contributed by atoms with Crippen LogP contribution in [0.1, 0.15) is 27.0 Å². The van der Waals surface area contributed by atoms with Gasteiger partial charge < -0.3 is 9.30 Å². The van der Waals surface area contributed by atoms with E-state index in [1.54, 1.807) is 0 Å². The van der Waals surface area contributed by atoms with Crippen molar-refractivity contribution in [2.75, 3.05) is 0 Å². The van der Waals surface area contributed by atoms with Crippen molar-refractivity contribution in [2.45, 2.75) is 33.1 Å². The normalized spacial score (nSPS) is 13.4. The third-order valence-corrected chi connectivity index (χ3v) is 4.03. The van der Waals surface area contributed by atoms with Crippen molar-refractivity contribution in [1.29, 1.82) is 0 Å². The van der Waals surface area contributed by atoms with Crippen LogP contribution in [0, 0.1) is 0 Å². The molecular formula is C17H17Cl2NO. The highest BCUT2D eigenvalue weighted by Gasteiger charge is 2.16. The summed E-state index contributed by atoms with van der Waals surface area (Å²) in [4.78, 5) is 0. The molecule has 2 nitrogen and oxygen atoms in total. The quantitative estimate of drug-likeness (QED) is 0.573. The summed E-state index contributed by atoms with van der Waals surface area (Å²) in [5, 5.41) is 3.64. The molecule has 0 spiro atoms. The zero-order valence-corrected chi connectivity index (χ0v) is 13.7. The Kier molecular flexibility index (Phi) is 3.87. The number of benzene rings is 2. The van der Waals surface area contributed by atoms with E-state index in [-0.39, 0.29) is 12.3 Å². The van der Waals surface area contributed by atoms with Crippen molar-refractivity contribution in [1.82, 2.24) is 4.57 Å². The molecule has 4 heteroatoms. The van der Waals surface area contributed by atoms with E-state index in [1.807, 2.05) is 50.2 Å². The van der Waals surface area contributed by atoms with Gasteiger partial charge in [0.2, 0.25) is 0 Å². The van der Waals surface area contributed by atoms with E-state index in [9.17, 15) is 0 Å². The van der Waals surface area contributed by atoms with E-state index in [0.29, 0.717) is 0 Å². The van der Waals surface area contributed by atoms with Crippen molar-refractivity contribution in [3.63, 3.8) is 0 Å². The molecule has 0 aliphatic heterocycles. The summed E-state index contributed by atoms with van der Waals surface area (Å²) in [5.41, 5.74) is 2.20. The van der Waals surface area contributed by atoms with Gasteiger partial charge in [0.1, 0.15) is 6.23 Å². The Labute approximate surface area is 134 Å². The molecule has 1 aromatic heterocycles. The summed E-state index contributed by atoms with van der Waals surface area (Å²) < 4.78 is 8.16. The van der Waals surface area contributed by atoms with Crippen LogP contribution in [0.4, 0.5) is 0 Å². The first kappa shape index (κ1) is 14.7. The molecule has 1 heterocycles. The number of halogens is 2. The molecule has 3 aromatic rings. The van der Waals surface area contributed by atoms with E-state index >= 15 is 0 Å². The van der Waals surface area contributed by atoms with E-state index < -0.39 is 0 Å². The summed E-state index contributed by atoms with van der Waals surface area (Å²) in [6.07, 6.45) is 0.0967. The second-order valence-corrected chi connectivity index (χ2v) is 6.35. The van der Waals surface area contributed by atoms with Crippen molar-refractivity contribution in [3.8, 4) is 0 Å². The third kappa shape index (κ3) is 2.64. The molecule has 0 aliphatic rings. The first-order valence-corrected chi connectivity index (χ1v) is 7.77. The smallest absolute Gasteiger partial charge is 0.132 e. The summed E-state index contributed by atoms with van der Waals surface area (Å²) in [6, 6.07) is 11.8. The Balaban J connectivity index is 2.34. The standard InChI is InChI=1S/C17H17Cl2NO/c1-10(2)21-11(3)20-16-6-4-12(18)8-14(16)15-9-13(19)5-7-17(15)20/h4-11H,1-3H3. The predicted octanol–water partition coefficient (Wildman–Crippen LogP) is 6.04. The average Bonchev–Trinajstić information content (AvgIpc) is 2.71. The van der Waals surface area contributed by atoms with Gasteiger partial charge in [-0.15, -0.1) is 0 Å². The van der Waals surface area contributed by atoms with Crippen LogP contribution in [0.2, 0.25) is 10.0 Å². The number of fused-ring (bicyclic) bond motifs is 3. The summed E-state index contributed by atoms with van der Waals surface area (Å²) in [6.45, 7) is 6.14. The lowest BCUT2D eigenvalue weighted by molar-refractivity contribution is -0.0200. The highest BCUT2D eigenvalue weighted by Crippen LogP contribution is 2.35. The summed E-state index contributed by atoms with van der Waals surface area (Å²) >= 11 is 12.3. The van der Waals surface area contributed by atoms with Gasteiger partial charge in [0.05, 0.1) is 17.1 Å². The van der Waals surface area contributed by atoms with Crippen molar-refractivity contribution in [3.05, 3.63) is 46.4 Å². The average molecular weight is 322 g/mol. The topological polar surface area (TPSA) is 14.2 Å². The van der Waals surface area contributed by atoms with Gasteiger partial charge in [0, 0.05) is 20.8 Å². The first-order valence-electron chi connectivity index (χ1n) is 7.01. The molecule has 0 bridgehead atoms. The van der Waals surface area contributed by atoms with Crippen molar-refractivity contribution < 1.29 is 4.74 Å². The van der Waals surface area contributed by atoms with Gasteiger partial charge in [0.25, 0.3) is 0 Å². The minimum absolute atomic E-state index is 0.0626. The molecule has 0 N–H and O–H groups in total. The molecule has 1 atom stereocenters. The van der Waals surface area contributed by atoms with E-state index in [2.05, 4.69) is 11.5 Å². The first-order chi connectivity index (χ1) is 9.97. The highest BCUT2D eigenvalue weighted by molar-refractivity contribution is 6.33. The van der Waals surface area contributed by atoms with Crippen LogP contribution in [-0.2, 0) is 4.74 Å². The highest BCUT2D eigenvalue weighted by atomic mass is 35.5. The van der Waals surface area contributed by atoms with Crippen LogP contribution >= 0.6 is 23.2 Å². The molecule has 0 aliphatic carbocycles. The second-order valence-electron chi connectivity index (χ2n) is 5.48. The Bertz CT molecular complexity index is 748. The fourth-order valence-corrected chi connectivity index (χ4v) is 3.19. The number of nitrogens with zero attached hydrogens (tertiary/aromatic N) is 1. The van der Waals surface area contributed by atoms with Crippen LogP contribution in [0.15, 0.2) is 36.4 Å². The third-order valence-electron chi connectivity index (χ3n) is 3.56. The van der Waals surface area contributed by atoms with Gasteiger partial charge in [-0.2, -0.15) is 0 Å². The molecule has 2 aromatic carbocycles. The molecule has 21 heavy (non-hydrogen) atoms. The molecule has 0 radical (unpaired) electrons. The van der Waals surface area contributed by atoms with Crippen LogP contribution in [0.5, 0.6) is 0 Å². The molecule has 0 amide bonds. The van der Waals surface area contributed by atoms with E-state index in [0.717, 1.165) is 31.9 Å². The lowest BCUT2D eigenvalue weighted by Gasteiger charge is -2.20. The molecule has 3 rings (SSSR count). The second kappa shape index (κ2) is 5.53. The number of aromatic nitrogens is 1. The molecule has 0 fully saturated rings. The zero-order chi connectivity index (χ0) is 15.1. The zero-order valence-electron chi connectivity index (χ0n) is 12.2. The van der Waals surface area contributed by atoms with Crippen LogP contribution in [0.3, 0.4) is 0 Å². The fourth-order valence-electron chi connectivity index (χ4n) is 2.84. The molecule has 110 valence electrons. The van der Waals surface area contributed by atoms with Gasteiger partial charge in [-0.25, -0.2) is 0 Å². The Hall–Kier alpha value is -1.22. The number of hydrogen-bond acceptors (Lipinski definition) is 1. The van der Waals surface area contributed by atoms with E-state index in [4.69, 9.17) is 27.9 Å². The maximum absolute atomic E-state index is 6.16. The van der Waals surface area contributed by atoms with Gasteiger partial charge in [0.15, 0.2) is 0 Å². The molecule has 1 unspecified atom stereocenters. The molecule has 0 saturated carbocycles.